The van der Waals surface area contributed by atoms with Gasteiger partial charge in [0.25, 0.3) is 0 Å². The Morgan fingerprint density at radius 2 is 2.10 bits per heavy atom. The Kier molecular flexibility index (Phi) is 5.49. The highest BCUT2D eigenvalue weighted by atomic mass is 32.2. The van der Waals surface area contributed by atoms with Gasteiger partial charge in [0.15, 0.2) is 0 Å². The van der Waals surface area contributed by atoms with Gasteiger partial charge in [-0.1, -0.05) is 19.1 Å². The van der Waals surface area contributed by atoms with Gasteiger partial charge < -0.3 is 10.2 Å². The maximum absolute atomic E-state index is 12.5. The predicted octanol–water partition coefficient (Wildman–Crippen LogP) is 2.76. The molecule has 0 radical (unpaired) electrons. The maximum Gasteiger partial charge on any atom is 0.240 e. The fourth-order valence-electron chi connectivity index (χ4n) is 2.70. The summed E-state index contributed by atoms with van der Waals surface area (Å²) in [5.74, 6) is 0.642. The summed E-state index contributed by atoms with van der Waals surface area (Å²) in [6.07, 6.45) is 4.38. The number of thioether (sulfide) groups is 1. The number of carbonyl (C=O) groups is 1. The van der Waals surface area contributed by atoms with Gasteiger partial charge in [0, 0.05) is 18.5 Å². The minimum absolute atomic E-state index is 0.0146. The summed E-state index contributed by atoms with van der Waals surface area (Å²) in [7, 11) is 1.90. The smallest absolute Gasteiger partial charge is 0.240 e. The van der Waals surface area contributed by atoms with Crippen molar-refractivity contribution in [1.29, 1.82) is 0 Å². The van der Waals surface area contributed by atoms with Gasteiger partial charge in [0.1, 0.15) is 0 Å². The molecule has 20 heavy (non-hydrogen) atoms. The van der Waals surface area contributed by atoms with Crippen molar-refractivity contribution in [1.82, 2.24) is 10.2 Å². The number of hydrogen-bond acceptors (Lipinski definition) is 3. The van der Waals surface area contributed by atoms with Crippen LogP contribution in [0.3, 0.4) is 0 Å². The van der Waals surface area contributed by atoms with E-state index in [1.807, 2.05) is 11.9 Å². The molecule has 0 spiro atoms. The number of likely N-dealkylation sites (N-methyl/N-ethyl adjacent to an activating group) is 1. The van der Waals surface area contributed by atoms with Gasteiger partial charge in [0.2, 0.25) is 5.91 Å². The number of benzene rings is 1. The lowest BCUT2D eigenvalue weighted by Crippen LogP contribution is -2.51. The van der Waals surface area contributed by atoms with Crippen LogP contribution in [0.4, 0.5) is 0 Å². The Bertz CT molecular complexity index is 446. The number of hydrogen-bond donors (Lipinski definition) is 1. The Hall–Kier alpha value is -1.00. The third-order valence-electron chi connectivity index (χ3n) is 3.99. The molecule has 1 aromatic rings. The van der Waals surface area contributed by atoms with Crippen molar-refractivity contribution in [3.63, 3.8) is 0 Å². The van der Waals surface area contributed by atoms with Crippen molar-refractivity contribution >= 4 is 17.7 Å². The van der Waals surface area contributed by atoms with E-state index < -0.39 is 0 Å². The molecule has 1 aromatic carbocycles. The van der Waals surface area contributed by atoms with Gasteiger partial charge in [-0.3, -0.25) is 4.79 Å². The second-order valence-corrected chi connectivity index (χ2v) is 6.47. The molecule has 3 nitrogen and oxygen atoms in total. The van der Waals surface area contributed by atoms with Crippen molar-refractivity contribution in [2.45, 2.75) is 37.2 Å². The molecule has 1 saturated heterocycles. The molecule has 1 aliphatic heterocycles. The molecule has 1 N–H and O–H groups in total. The highest BCUT2D eigenvalue weighted by molar-refractivity contribution is 7.98. The molecule has 1 amide bonds. The minimum Gasteiger partial charge on any atom is -0.340 e. The Labute approximate surface area is 126 Å². The normalized spacial score (nSPS) is 22.6. The van der Waals surface area contributed by atoms with E-state index in [1.165, 1.54) is 16.9 Å². The first-order chi connectivity index (χ1) is 9.61. The Morgan fingerprint density at radius 1 is 1.40 bits per heavy atom. The van der Waals surface area contributed by atoms with Crippen LogP contribution in [0.5, 0.6) is 0 Å². The predicted molar refractivity (Wildman–Crippen MR) is 84.9 cm³/mol. The number of nitrogens with zero attached hydrogens (tertiary/aromatic N) is 1. The summed E-state index contributed by atoms with van der Waals surface area (Å²) >= 11 is 1.74. The van der Waals surface area contributed by atoms with E-state index in [1.54, 1.807) is 11.8 Å². The summed E-state index contributed by atoms with van der Waals surface area (Å²) in [4.78, 5) is 15.6. The molecule has 0 saturated carbocycles. The summed E-state index contributed by atoms with van der Waals surface area (Å²) in [6.45, 7) is 3.80. The number of nitrogens with one attached hydrogen (secondary N) is 1. The zero-order chi connectivity index (χ0) is 14.5. The van der Waals surface area contributed by atoms with Crippen LogP contribution in [0.15, 0.2) is 29.2 Å². The van der Waals surface area contributed by atoms with Crippen LogP contribution in [0.1, 0.15) is 25.3 Å². The van der Waals surface area contributed by atoms with Crippen LogP contribution in [-0.4, -0.2) is 36.7 Å². The molecule has 0 aromatic heterocycles. The quantitative estimate of drug-likeness (QED) is 0.866. The molecular formula is C16H24N2OS. The van der Waals surface area contributed by atoms with Gasteiger partial charge in [-0.25, -0.2) is 0 Å². The molecule has 2 rings (SSSR count). The van der Waals surface area contributed by atoms with Crippen molar-refractivity contribution in [3.05, 3.63) is 29.8 Å². The Balaban J connectivity index is 1.95. The first-order valence-corrected chi connectivity index (χ1v) is 8.45. The van der Waals surface area contributed by atoms with Crippen LogP contribution in [-0.2, 0) is 11.3 Å². The van der Waals surface area contributed by atoms with Gasteiger partial charge in [-0.05, 0) is 49.3 Å². The molecule has 4 heteroatoms. The van der Waals surface area contributed by atoms with E-state index in [4.69, 9.17) is 0 Å². The second kappa shape index (κ2) is 7.14. The number of carbonyl (C=O) groups excluding carboxylic acids is 1. The highest BCUT2D eigenvalue weighted by Gasteiger charge is 2.29. The molecule has 1 heterocycles. The SMILES string of the molecule is CSc1ccc(CN(C)C(=O)C2NCCCC2C)cc1. The van der Waals surface area contributed by atoms with Crippen molar-refractivity contribution < 1.29 is 4.79 Å². The molecule has 1 aliphatic rings. The number of amides is 1. The Morgan fingerprint density at radius 3 is 2.70 bits per heavy atom. The summed E-state index contributed by atoms with van der Waals surface area (Å²) in [5, 5.41) is 3.36. The van der Waals surface area contributed by atoms with Crippen LogP contribution in [0, 0.1) is 5.92 Å². The molecule has 110 valence electrons. The number of piperidine rings is 1. The summed E-state index contributed by atoms with van der Waals surface area (Å²) < 4.78 is 0. The average Bonchev–Trinajstić information content (AvgIpc) is 2.48. The van der Waals surface area contributed by atoms with Gasteiger partial charge in [0.05, 0.1) is 6.04 Å². The van der Waals surface area contributed by atoms with Crippen LogP contribution < -0.4 is 5.32 Å². The van der Waals surface area contributed by atoms with E-state index in [0.717, 1.165) is 13.0 Å². The summed E-state index contributed by atoms with van der Waals surface area (Å²) in [6, 6.07) is 8.42. The van der Waals surface area contributed by atoms with Crippen LogP contribution in [0.25, 0.3) is 0 Å². The zero-order valence-corrected chi connectivity index (χ0v) is 13.4. The second-order valence-electron chi connectivity index (χ2n) is 5.59. The first kappa shape index (κ1) is 15.4. The van der Waals surface area contributed by atoms with Crippen molar-refractivity contribution in [2.75, 3.05) is 19.8 Å². The van der Waals surface area contributed by atoms with Gasteiger partial charge >= 0.3 is 0 Å². The third-order valence-corrected chi connectivity index (χ3v) is 4.73. The standard InChI is InChI=1S/C16H24N2OS/c1-12-5-4-10-17-15(12)16(19)18(2)11-13-6-8-14(20-3)9-7-13/h6-9,12,15,17H,4-5,10-11H2,1-3H3. The third kappa shape index (κ3) is 3.76. The van der Waals surface area contributed by atoms with Crippen LogP contribution in [0.2, 0.25) is 0 Å². The summed E-state index contributed by atoms with van der Waals surface area (Å²) in [5.41, 5.74) is 1.18. The van der Waals surface area contributed by atoms with E-state index in [0.29, 0.717) is 12.5 Å². The average molecular weight is 292 g/mol. The van der Waals surface area contributed by atoms with Crippen molar-refractivity contribution in [3.8, 4) is 0 Å². The maximum atomic E-state index is 12.5. The number of rotatable bonds is 4. The topological polar surface area (TPSA) is 32.3 Å². The zero-order valence-electron chi connectivity index (χ0n) is 12.6. The van der Waals surface area contributed by atoms with Gasteiger partial charge in [-0.15, -0.1) is 11.8 Å². The first-order valence-electron chi connectivity index (χ1n) is 7.23. The molecule has 0 bridgehead atoms. The molecule has 0 aliphatic carbocycles. The molecule has 2 unspecified atom stereocenters. The lowest BCUT2D eigenvalue weighted by molar-refractivity contribution is -0.134. The van der Waals surface area contributed by atoms with Crippen LogP contribution >= 0.6 is 11.8 Å². The lowest BCUT2D eigenvalue weighted by atomic mass is 9.92. The molecule has 2 atom stereocenters. The van der Waals surface area contributed by atoms with E-state index >= 15 is 0 Å². The molecule has 1 fully saturated rings. The molecular weight excluding hydrogens is 268 g/mol. The largest absolute Gasteiger partial charge is 0.340 e. The highest BCUT2D eigenvalue weighted by Crippen LogP contribution is 2.19. The fraction of sp³-hybridized carbons (Fsp3) is 0.562. The van der Waals surface area contributed by atoms with E-state index in [9.17, 15) is 4.79 Å². The van der Waals surface area contributed by atoms with E-state index in [-0.39, 0.29) is 11.9 Å². The van der Waals surface area contributed by atoms with Crippen molar-refractivity contribution in [2.24, 2.45) is 5.92 Å². The fourth-order valence-corrected chi connectivity index (χ4v) is 3.11. The monoisotopic (exact) mass is 292 g/mol. The lowest BCUT2D eigenvalue weighted by Gasteiger charge is -2.32. The minimum atomic E-state index is -0.0146. The van der Waals surface area contributed by atoms with Gasteiger partial charge in [-0.2, -0.15) is 0 Å². The van der Waals surface area contributed by atoms with E-state index in [2.05, 4.69) is 42.8 Å².